The van der Waals surface area contributed by atoms with Gasteiger partial charge in [0.1, 0.15) is 5.75 Å². The number of rotatable bonds is 5. The second-order valence-corrected chi connectivity index (χ2v) is 5.79. The van der Waals surface area contributed by atoms with Crippen LogP contribution in [0.15, 0.2) is 48.5 Å². The molecule has 0 aliphatic heterocycles. The van der Waals surface area contributed by atoms with Crippen LogP contribution >= 0.6 is 11.3 Å². The van der Waals surface area contributed by atoms with Gasteiger partial charge in [-0.2, -0.15) is 0 Å². The van der Waals surface area contributed by atoms with Gasteiger partial charge in [-0.05, 0) is 42.7 Å². The summed E-state index contributed by atoms with van der Waals surface area (Å²) in [6.45, 7) is 2.21. The highest BCUT2D eigenvalue weighted by Gasteiger charge is 2.05. The first-order valence-electron chi connectivity index (χ1n) is 6.97. The van der Waals surface area contributed by atoms with Gasteiger partial charge < -0.3 is 4.74 Å². The van der Waals surface area contributed by atoms with Gasteiger partial charge in [-0.25, -0.2) is 4.98 Å². The summed E-state index contributed by atoms with van der Waals surface area (Å²) < 4.78 is 6.98. The molecule has 0 N–H and O–H groups in total. The van der Waals surface area contributed by atoms with Crippen LogP contribution in [0.5, 0.6) is 10.9 Å². The van der Waals surface area contributed by atoms with Crippen molar-refractivity contribution in [3.8, 4) is 10.9 Å². The summed E-state index contributed by atoms with van der Waals surface area (Å²) in [5, 5.41) is 0.701. The number of hydrogen-bond donors (Lipinski definition) is 0. The van der Waals surface area contributed by atoms with E-state index in [1.807, 2.05) is 30.3 Å². The summed E-state index contributed by atoms with van der Waals surface area (Å²) in [6.07, 6.45) is 3.60. The molecule has 2 aromatic carbocycles. The fourth-order valence-corrected chi connectivity index (χ4v) is 2.94. The summed E-state index contributed by atoms with van der Waals surface area (Å²) in [5.41, 5.74) is 2.36. The lowest BCUT2D eigenvalue weighted by atomic mass is 10.1. The van der Waals surface area contributed by atoms with Crippen LogP contribution in [0.1, 0.15) is 25.3 Å². The number of benzene rings is 2. The largest absolute Gasteiger partial charge is 0.431 e. The van der Waals surface area contributed by atoms with Crippen molar-refractivity contribution >= 4 is 21.6 Å². The summed E-state index contributed by atoms with van der Waals surface area (Å²) in [5.74, 6) is 0.851. The normalized spacial score (nSPS) is 10.8. The topological polar surface area (TPSA) is 22.1 Å². The van der Waals surface area contributed by atoms with Crippen molar-refractivity contribution in [3.05, 3.63) is 54.1 Å². The monoisotopic (exact) mass is 283 g/mol. The van der Waals surface area contributed by atoms with Gasteiger partial charge in [-0.1, -0.05) is 48.9 Å². The van der Waals surface area contributed by atoms with Crippen LogP contribution in [0.2, 0.25) is 0 Å². The second kappa shape index (κ2) is 6.06. The van der Waals surface area contributed by atoms with Crippen LogP contribution < -0.4 is 4.74 Å². The number of para-hydroxylation sites is 1. The number of aryl methyl sites for hydroxylation is 1. The fraction of sp³-hybridized carbons (Fsp3) is 0.235. The number of hydrogen-bond acceptors (Lipinski definition) is 3. The van der Waals surface area contributed by atoms with E-state index >= 15 is 0 Å². The molecule has 1 aromatic heterocycles. The zero-order valence-corrected chi connectivity index (χ0v) is 12.3. The molecule has 0 aliphatic carbocycles. The van der Waals surface area contributed by atoms with Gasteiger partial charge in [-0.3, -0.25) is 0 Å². The molecular weight excluding hydrogens is 266 g/mol. The Morgan fingerprint density at radius 2 is 1.85 bits per heavy atom. The maximum absolute atomic E-state index is 5.83. The van der Waals surface area contributed by atoms with Gasteiger partial charge in [0, 0.05) is 0 Å². The van der Waals surface area contributed by atoms with Crippen LogP contribution in [0.4, 0.5) is 0 Å². The molecule has 0 saturated carbocycles. The Labute approximate surface area is 123 Å². The number of thiazole rings is 1. The maximum Gasteiger partial charge on any atom is 0.279 e. The summed E-state index contributed by atoms with van der Waals surface area (Å²) in [6, 6.07) is 16.4. The third kappa shape index (κ3) is 2.99. The van der Waals surface area contributed by atoms with Crippen molar-refractivity contribution < 1.29 is 4.74 Å². The standard InChI is InChI=1S/C17H17NOS/c1-2-3-6-13-9-11-14(12-10-13)19-17-18-15-7-4-5-8-16(15)20-17/h4-5,7-12H,2-3,6H2,1H3. The molecule has 0 unspecified atom stereocenters. The first-order valence-corrected chi connectivity index (χ1v) is 7.79. The molecule has 3 rings (SSSR count). The van der Waals surface area contributed by atoms with Crippen molar-refractivity contribution in [2.24, 2.45) is 0 Å². The van der Waals surface area contributed by atoms with Gasteiger partial charge in [0.05, 0.1) is 10.2 Å². The molecule has 2 nitrogen and oxygen atoms in total. The number of aromatic nitrogens is 1. The van der Waals surface area contributed by atoms with E-state index in [2.05, 4.69) is 30.1 Å². The van der Waals surface area contributed by atoms with Crippen LogP contribution in [0.25, 0.3) is 10.2 Å². The molecule has 0 atom stereocenters. The molecule has 3 heteroatoms. The van der Waals surface area contributed by atoms with Crippen molar-refractivity contribution in [3.63, 3.8) is 0 Å². The zero-order valence-electron chi connectivity index (χ0n) is 11.5. The average molecular weight is 283 g/mol. The number of fused-ring (bicyclic) bond motifs is 1. The second-order valence-electron chi connectivity index (χ2n) is 4.80. The third-order valence-corrected chi connectivity index (χ3v) is 4.14. The Hall–Kier alpha value is -1.87. The zero-order chi connectivity index (χ0) is 13.8. The van der Waals surface area contributed by atoms with E-state index in [4.69, 9.17) is 4.74 Å². The van der Waals surface area contributed by atoms with Crippen LogP contribution in [-0.2, 0) is 6.42 Å². The smallest absolute Gasteiger partial charge is 0.279 e. The minimum atomic E-state index is 0.701. The van der Waals surface area contributed by atoms with Gasteiger partial charge in [0.25, 0.3) is 5.19 Å². The molecule has 0 spiro atoms. The SMILES string of the molecule is CCCCc1ccc(Oc2nc3ccccc3s2)cc1. The Balaban J connectivity index is 1.73. The highest BCUT2D eigenvalue weighted by atomic mass is 32.1. The quantitative estimate of drug-likeness (QED) is 0.622. The minimum Gasteiger partial charge on any atom is -0.431 e. The Morgan fingerprint density at radius 3 is 2.60 bits per heavy atom. The lowest BCUT2D eigenvalue weighted by Gasteiger charge is -2.03. The van der Waals surface area contributed by atoms with Gasteiger partial charge in [-0.15, -0.1) is 0 Å². The molecule has 3 aromatic rings. The molecule has 0 fully saturated rings. The molecule has 0 aliphatic rings. The first-order chi connectivity index (χ1) is 9.85. The first kappa shape index (κ1) is 13.1. The highest BCUT2D eigenvalue weighted by molar-refractivity contribution is 7.20. The van der Waals surface area contributed by atoms with Gasteiger partial charge in [0.2, 0.25) is 0 Å². The van der Waals surface area contributed by atoms with E-state index in [-0.39, 0.29) is 0 Å². The van der Waals surface area contributed by atoms with E-state index in [9.17, 15) is 0 Å². The molecule has 102 valence electrons. The molecule has 20 heavy (non-hydrogen) atoms. The Bertz CT molecular complexity index is 655. The van der Waals surface area contributed by atoms with Crippen LogP contribution in [-0.4, -0.2) is 4.98 Å². The van der Waals surface area contributed by atoms with Crippen molar-refractivity contribution in [1.82, 2.24) is 4.98 Å². The molecule has 0 amide bonds. The molecular formula is C17H17NOS. The van der Waals surface area contributed by atoms with E-state index in [0.29, 0.717) is 5.19 Å². The summed E-state index contributed by atoms with van der Waals surface area (Å²) in [7, 11) is 0. The predicted octanol–water partition coefficient (Wildman–Crippen LogP) is 5.43. The number of nitrogens with zero attached hydrogens (tertiary/aromatic N) is 1. The van der Waals surface area contributed by atoms with E-state index in [1.165, 1.54) is 18.4 Å². The highest BCUT2D eigenvalue weighted by Crippen LogP contribution is 2.31. The summed E-state index contributed by atoms with van der Waals surface area (Å²) in [4.78, 5) is 4.48. The molecule has 1 heterocycles. The molecule has 0 saturated heterocycles. The van der Waals surface area contributed by atoms with Gasteiger partial charge >= 0.3 is 0 Å². The van der Waals surface area contributed by atoms with Crippen LogP contribution in [0.3, 0.4) is 0 Å². The Kier molecular flexibility index (Phi) is 3.97. The average Bonchev–Trinajstić information content (AvgIpc) is 2.89. The van der Waals surface area contributed by atoms with E-state index in [1.54, 1.807) is 11.3 Å². The van der Waals surface area contributed by atoms with Gasteiger partial charge in [0.15, 0.2) is 0 Å². The van der Waals surface area contributed by atoms with E-state index < -0.39 is 0 Å². The molecule has 0 bridgehead atoms. The molecule has 0 radical (unpaired) electrons. The van der Waals surface area contributed by atoms with E-state index in [0.717, 1.165) is 22.4 Å². The van der Waals surface area contributed by atoms with Crippen molar-refractivity contribution in [2.45, 2.75) is 26.2 Å². The van der Waals surface area contributed by atoms with Crippen molar-refractivity contribution in [2.75, 3.05) is 0 Å². The predicted molar refractivity (Wildman–Crippen MR) is 84.7 cm³/mol. The third-order valence-electron chi connectivity index (χ3n) is 3.22. The number of unbranched alkanes of at least 4 members (excludes halogenated alkanes) is 1. The summed E-state index contributed by atoms with van der Waals surface area (Å²) >= 11 is 1.58. The Morgan fingerprint density at radius 1 is 1.05 bits per heavy atom. The maximum atomic E-state index is 5.83. The fourth-order valence-electron chi connectivity index (χ4n) is 2.10. The lowest BCUT2D eigenvalue weighted by Crippen LogP contribution is -1.86. The van der Waals surface area contributed by atoms with Crippen LogP contribution in [0, 0.1) is 0 Å². The minimum absolute atomic E-state index is 0.701. The number of ether oxygens (including phenoxy) is 1. The lowest BCUT2D eigenvalue weighted by molar-refractivity contribution is 0.480. The van der Waals surface area contributed by atoms with Crippen molar-refractivity contribution in [1.29, 1.82) is 0 Å².